The molecule has 0 aliphatic rings. The molecule has 1 aromatic carbocycles. The normalized spacial score (nSPS) is 11.2. The molecule has 3 N–H and O–H groups in total. The fourth-order valence-corrected chi connectivity index (χ4v) is 3.19. The Bertz CT molecular complexity index is 783. The van der Waals surface area contributed by atoms with E-state index in [1.165, 1.54) is 17.8 Å². The molecule has 0 bridgehead atoms. The molecule has 1 heterocycles. The van der Waals surface area contributed by atoms with Gasteiger partial charge < -0.3 is 11.1 Å². The summed E-state index contributed by atoms with van der Waals surface area (Å²) < 4.78 is 37.5. The first kappa shape index (κ1) is 20.1. The number of carbonyl (C=O) groups is 2. The summed E-state index contributed by atoms with van der Waals surface area (Å²) in [5.74, 6) is -0.756. The lowest BCUT2D eigenvalue weighted by molar-refractivity contribution is -0.137. The number of hydrogen-bond donors (Lipinski definition) is 2. The molecule has 138 valence electrons. The van der Waals surface area contributed by atoms with Crippen molar-refractivity contribution >= 4 is 41.0 Å². The monoisotopic (exact) mass is 401 g/mol. The first-order valence-electron chi connectivity index (χ1n) is 7.22. The second kappa shape index (κ2) is 8.95. The molecular formula is C16H14F3N3O2S2. The van der Waals surface area contributed by atoms with E-state index >= 15 is 0 Å². The number of rotatable bonds is 7. The minimum Gasteiger partial charge on any atom is -0.369 e. The maximum atomic E-state index is 12.5. The summed E-state index contributed by atoms with van der Waals surface area (Å²) in [5.41, 5.74) is 4.80. The van der Waals surface area contributed by atoms with E-state index in [2.05, 4.69) is 10.3 Å². The average Bonchev–Trinajstić information content (AvgIpc) is 2.59. The van der Waals surface area contributed by atoms with Crippen LogP contribution >= 0.6 is 23.5 Å². The Morgan fingerprint density at radius 1 is 1.08 bits per heavy atom. The Kier molecular flexibility index (Phi) is 6.92. The number of nitrogens with one attached hydrogen (secondary N) is 1. The fourth-order valence-electron chi connectivity index (χ4n) is 1.80. The Labute approximate surface area is 155 Å². The van der Waals surface area contributed by atoms with Gasteiger partial charge in [-0.15, -0.1) is 11.8 Å². The highest BCUT2D eigenvalue weighted by Gasteiger charge is 2.30. The van der Waals surface area contributed by atoms with Crippen LogP contribution in [0.5, 0.6) is 0 Å². The molecule has 0 radical (unpaired) electrons. The van der Waals surface area contributed by atoms with E-state index < -0.39 is 17.6 Å². The minimum atomic E-state index is -4.44. The first-order valence-corrected chi connectivity index (χ1v) is 9.19. The molecule has 26 heavy (non-hydrogen) atoms. The number of nitrogens with zero attached hydrogens (tertiary/aromatic N) is 1. The van der Waals surface area contributed by atoms with Gasteiger partial charge >= 0.3 is 6.18 Å². The van der Waals surface area contributed by atoms with Crippen molar-refractivity contribution in [2.75, 3.05) is 16.8 Å². The van der Waals surface area contributed by atoms with E-state index in [4.69, 9.17) is 5.73 Å². The number of amides is 2. The number of alkyl halides is 3. The Morgan fingerprint density at radius 3 is 2.42 bits per heavy atom. The number of aromatic nitrogens is 1. The molecule has 0 atom stereocenters. The SMILES string of the molecule is NC(=O)CSc1ccccc1NC(=O)CSc1ccc(C(F)(F)F)cn1. The van der Waals surface area contributed by atoms with Gasteiger partial charge in [0.05, 0.1) is 27.8 Å². The third-order valence-corrected chi connectivity index (χ3v) is 4.99. The summed E-state index contributed by atoms with van der Waals surface area (Å²) in [6, 6.07) is 9.06. The molecule has 0 aliphatic heterocycles. The number of halogens is 3. The summed E-state index contributed by atoms with van der Waals surface area (Å²) in [7, 11) is 0. The lowest BCUT2D eigenvalue weighted by atomic mass is 10.3. The molecule has 10 heteroatoms. The molecule has 0 unspecified atom stereocenters. The highest BCUT2D eigenvalue weighted by Crippen LogP contribution is 2.30. The van der Waals surface area contributed by atoms with Gasteiger partial charge in [-0.05, 0) is 24.3 Å². The maximum absolute atomic E-state index is 12.5. The van der Waals surface area contributed by atoms with Crippen LogP contribution in [0, 0.1) is 0 Å². The van der Waals surface area contributed by atoms with Crippen LogP contribution in [-0.4, -0.2) is 28.3 Å². The molecule has 1 aromatic heterocycles. The Hall–Kier alpha value is -2.20. The van der Waals surface area contributed by atoms with Crippen LogP contribution in [0.25, 0.3) is 0 Å². The van der Waals surface area contributed by atoms with E-state index in [1.54, 1.807) is 24.3 Å². The van der Waals surface area contributed by atoms with Crippen LogP contribution in [0.1, 0.15) is 5.56 Å². The molecule has 2 amide bonds. The maximum Gasteiger partial charge on any atom is 0.417 e. The average molecular weight is 401 g/mol. The predicted molar refractivity (Wildman–Crippen MR) is 95.0 cm³/mol. The number of carbonyl (C=O) groups excluding carboxylic acids is 2. The lowest BCUT2D eigenvalue weighted by Gasteiger charge is -2.10. The van der Waals surface area contributed by atoms with Gasteiger partial charge in [-0.25, -0.2) is 4.98 Å². The van der Waals surface area contributed by atoms with E-state index in [9.17, 15) is 22.8 Å². The minimum absolute atomic E-state index is 0.0206. The number of para-hydroxylation sites is 1. The van der Waals surface area contributed by atoms with Crippen molar-refractivity contribution in [3.05, 3.63) is 48.2 Å². The third-order valence-electron chi connectivity index (χ3n) is 2.95. The van der Waals surface area contributed by atoms with E-state index in [0.29, 0.717) is 15.6 Å². The first-order chi connectivity index (χ1) is 12.3. The van der Waals surface area contributed by atoms with Crippen LogP contribution < -0.4 is 11.1 Å². The number of benzene rings is 1. The highest BCUT2D eigenvalue weighted by atomic mass is 32.2. The number of anilines is 1. The van der Waals surface area contributed by atoms with Crippen molar-refractivity contribution in [2.24, 2.45) is 5.73 Å². The number of thioether (sulfide) groups is 2. The molecule has 0 saturated heterocycles. The van der Waals surface area contributed by atoms with Crippen LogP contribution in [0.15, 0.2) is 52.5 Å². The number of pyridine rings is 1. The van der Waals surface area contributed by atoms with Gasteiger partial charge in [0.15, 0.2) is 0 Å². The topological polar surface area (TPSA) is 85.1 Å². The zero-order valence-electron chi connectivity index (χ0n) is 13.2. The molecular weight excluding hydrogens is 387 g/mol. The van der Waals surface area contributed by atoms with E-state index in [-0.39, 0.29) is 17.4 Å². The van der Waals surface area contributed by atoms with E-state index in [0.717, 1.165) is 24.0 Å². The van der Waals surface area contributed by atoms with Crippen LogP contribution in [0.4, 0.5) is 18.9 Å². The quantitative estimate of drug-likeness (QED) is 0.695. The van der Waals surface area contributed by atoms with Crippen molar-refractivity contribution in [2.45, 2.75) is 16.1 Å². The second-order valence-corrected chi connectivity index (χ2v) is 6.98. The number of nitrogens with two attached hydrogens (primary N) is 1. The molecule has 0 saturated carbocycles. The summed E-state index contributed by atoms with van der Waals surface area (Å²) in [4.78, 5) is 27.3. The zero-order chi connectivity index (χ0) is 19.2. The summed E-state index contributed by atoms with van der Waals surface area (Å²) >= 11 is 2.22. The van der Waals surface area contributed by atoms with Gasteiger partial charge in [-0.1, -0.05) is 23.9 Å². The van der Waals surface area contributed by atoms with Crippen molar-refractivity contribution in [3.63, 3.8) is 0 Å². The molecule has 0 aliphatic carbocycles. The van der Waals surface area contributed by atoms with Crippen molar-refractivity contribution < 1.29 is 22.8 Å². The van der Waals surface area contributed by atoms with Crippen LogP contribution in [0.2, 0.25) is 0 Å². The standard InChI is InChI=1S/C16H14F3N3O2S2/c17-16(18,19)10-5-6-15(21-7-10)26-9-14(24)22-11-3-1-2-4-12(11)25-8-13(20)23/h1-7H,8-9H2,(H2,20,23)(H,22,24). The Morgan fingerprint density at radius 2 is 1.81 bits per heavy atom. The smallest absolute Gasteiger partial charge is 0.369 e. The van der Waals surface area contributed by atoms with Gasteiger partial charge in [0.2, 0.25) is 11.8 Å². The zero-order valence-corrected chi connectivity index (χ0v) is 14.9. The summed E-state index contributed by atoms with van der Waals surface area (Å²) in [6.07, 6.45) is -3.71. The van der Waals surface area contributed by atoms with Gasteiger partial charge in [-0.3, -0.25) is 9.59 Å². The van der Waals surface area contributed by atoms with Gasteiger partial charge in [0.1, 0.15) is 0 Å². The van der Waals surface area contributed by atoms with Gasteiger partial charge in [-0.2, -0.15) is 13.2 Å². The fraction of sp³-hybridized carbons (Fsp3) is 0.188. The van der Waals surface area contributed by atoms with Crippen molar-refractivity contribution in [1.29, 1.82) is 0 Å². The van der Waals surface area contributed by atoms with Gasteiger partial charge in [0, 0.05) is 11.1 Å². The Balaban J connectivity index is 1.92. The van der Waals surface area contributed by atoms with E-state index in [1.807, 2.05) is 0 Å². The summed E-state index contributed by atoms with van der Waals surface area (Å²) in [6.45, 7) is 0. The second-order valence-electron chi connectivity index (χ2n) is 4.97. The number of primary amides is 1. The van der Waals surface area contributed by atoms with Crippen molar-refractivity contribution in [1.82, 2.24) is 4.98 Å². The highest BCUT2D eigenvalue weighted by molar-refractivity contribution is 8.00. The molecule has 0 spiro atoms. The van der Waals surface area contributed by atoms with Crippen molar-refractivity contribution in [3.8, 4) is 0 Å². The van der Waals surface area contributed by atoms with Crippen LogP contribution in [0.3, 0.4) is 0 Å². The van der Waals surface area contributed by atoms with Gasteiger partial charge in [0.25, 0.3) is 0 Å². The molecule has 5 nitrogen and oxygen atoms in total. The molecule has 2 rings (SSSR count). The molecule has 2 aromatic rings. The largest absolute Gasteiger partial charge is 0.417 e. The third kappa shape index (κ3) is 6.26. The number of hydrogen-bond acceptors (Lipinski definition) is 5. The molecule has 0 fully saturated rings. The summed E-state index contributed by atoms with van der Waals surface area (Å²) in [5, 5.41) is 3.01. The predicted octanol–water partition coefficient (Wildman–Crippen LogP) is 3.41. The van der Waals surface area contributed by atoms with Crippen LogP contribution in [-0.2, 0) is 15.8 Å². The lowest BCUT2D eigenvalue weighted by Crippen LogP contribution is -2.16.